The van der Waals surface area contributed by atoms with Crippen molar-refractivity contribution in [2.24, 2.45) is 0 Å². The molecular weight excluding hydrogens is 655 g/mol. The van der Waals surface area contributed by atoms with Gasteiger partial charge in [-0.25, -0.2) is 0 Å². The molecule has 8 aromatic carbocycles. The monoisotopic (exact) mass is 685 g/mol. The van der Waals surface area contributed by atoms with Crippen LogP contribution >= 0.6 is 0 Å². The largest absolute Gasteiger partial charge is 0.309 e. The predicted octanol–water partition coefficient (Wildman–Crippen LogP) is 13.4. The van der Waals surface area contributed by atoms with Crippen molar-refractivity contribution < 1.29 is 0 Å². The highest BCUT2D eigenvalue weighted by molar-refractivity contribution is 6.16. The fourth-order valence-corrected chi connectivity index (χ4v) is 9.09. The zero-order valence-electron chi connectivity index (χ0n) is 29.2. The highest BCUT2D eigenvalue weighted by atomic mass is 15.0. The van der Waals surface area contributed by atoms with Gasteiger partial charge in [0, 0.05) is 61.6 Å². The van der Waals surface area contributed by atoms with E-state index in [0.29, 0.717) is 0 Å². The molecule has 0 radical (unpaired) electrons. The van der Waals surface area contributed by atoms with Gasteiger partial charge in [-0.3, -0.25) is 4.98 Å². The number of rotatable bonds is 4. The summed E-state index contributed by atoms with van der Waals surface area (Å²) >= 11 is 0. The van der Waals surface area contributed by atoms with Crippen LogP contribution in [0.1, 0.15) is 0 Å². The Labute approximate surface area is 311 Å². The van der Waals surface area contributed by atoms with Gasteiger partial charge in [0.25, 0.3) is 0 Å². The van der Waals surface area contributed by atoms with Crippen molar-refractivity contribution in [3.63, 3.8) is 0 Å². The number of hydrogen-bond acceptors (Lipinski definition) is 1. The minimum atomic E-state index is 1.16. The molecule has 0 amide bonds. The Hall–Kier alpha value is -7.23. The summed E-state index contributed by atoms with van der Waals surface area (Å²) in [6.45, 7) is 0. The number of para-hydroxylation sites is 3. The minimum absolute atomic E-state index is 1.16. The van der Waals surface area contributed by atoms with Gasteiger partial charge in [0.1, 0.15) is 0 Å². The second-order valence-electron chi connectivity index (χ2n) is 14.4. The van der Waals surface area contributed by atoms with Crippen molar-refractivity contribution in [2.75, 3.05) is 0 Å². The lowest BCUT2D eigenvalue weighted by atomic mass is 9.96. The van der Waals surface area contributed by atoms with Crippen LogP contribution in [-0.4, -0.2) is 14.1 Å². The van der Waals surface area contributed by atoms with E-state index in [4.69, 9.17) is 0 Å². The number of aromatic nitrogens is 3. The van der Waals surface area contributed by atoms with Crippen molar-refractivity contribution in [3.8, 4) is 55.9 Å². The molecule has 0 unspecified atom stereocenters. The van der Waals surface area contributed by atoms with Crippen LogP contribution in [0.25, 0.3) is 110 Å². The number of fused-ring (bicyclic) bond motifs is 9. The Balaban J connectivity index is 1.05. The Bertz CT molecular complexity index is 3310. The topological polar surface area (TPSA) is 22.8 Å². The van der Waals surface area contributed by atoms with E-state index >= 15 is 0 Å². The normalized spacial score (nSPS) is 12.1. The van der Waals surface area contributed by atoms with Crippen molar-refractivity contribution in [1.29, 1.82) is 0 Å². The van der Waals surface area contributed by atoms with Crippen LogP contribution in [0.4, 0.5) is 0 Å². The first-order valence-corrected chi connectivity index (χ1v) is 18.5. The lowest BCUT2D eigenvalue weighted by molar-refractivity contribution is 1.18. The third-order valence-electron chi connectivity index (χ3n) is 11.5. The predicted molar refractivity (Wildman–Crippen MR) is 226 cm³/mol. The molecule has 0 saturated heterocycles. The van der Waals surface area contributed by atoms with Gasteiger partial charge in [-0.15, -0.1) is 0 Å². The van der Waals surface area contributed by atoms with Gasteiger partial charge in [0.15, 0.2) is 0 Å². The molecule has 0 spiro atoms. The fourth-order valence-electron chi connectivity index (χ4n) is 9.09. The quantitative estimate of drug-likeness (QED) is 0.181. The van der Waals surface area contributed by atoms with E-state index < -0.39 is 0 Å². The molecule has 11 aromatic rings. The summed E-state index contributed by atoms with van der Waals surface area (Å²) in [7, 11) is 0. The molecule has 0 saturated carbocycles. The van der Waals surface area contributed by atoms with E-state index in [1.54, 1.807) is 0 Å². The summed E-state index contributed by atoms with van der Waals surface area (Å²) in [5.41, 5.74) is 17.0. The summed E-state index contributed by atoms with van der Waals surface area (Å²) in [5, 5.41) is 7.49. The second-order valence-corrected chi connectivity index (χ2v) is 14.4. The average Bonchev–Trinajstić information content (AvgIpc) is 3.87. The highest BCUT2D eigenvalue weighted by Crippen LogP contribution is 2.48. The standard InChI is InChI=1S/C51H31N3/c1-3-11-37(12-4-1)53-47-17-8-7-15-40(47)43-27-33(19-23-48(43)53)35-21-25-50-45(29-35)44-28-34(20-24-49(44)54(50)38-13-5-2-6-14-38)32-18-22-39-42(26-32)41-16-9-10-36-30-52-31-46(39)51(36)41/h1-31H. The smallest absolute Gasteiger partial charge is 0.0541 e. The van der Waals surface area contributed by atoms with Crippen LogP contribution in [0, 0.1) is 0 Å². The van der Waals surface area contributed by atoms with E-state index in [-0.39, 0.29) is 0 Å². The van der Waals surface area contributed by atoms with E-state index in [1.807, 2.05) is 12.4 Å². The Morgan fingerprint density at radius 2 is 0.833 bits per heavy atom. The maximum absolute atomic E-state index is 4.55. The molecule has 0 fully saturated rings. The number of benzene rings is 8. The first kappa shape index (κ1) is 29.4. The summed E-state index contributed by atoms with van der Waals surface area (Å²) in [6, 6.07) is 64.5. The highest BCUT2D eigenvalue weighted by Gasteiger charge is 2.23. The summed E-state index contributed by atoms with van der Waals surface area (Å²) < 4.78 is 4.78. The van der Waals surface area contributed by atoms with Crippen molar-refractivity contribution in [2.45, 2.75) is 0 Å². The zero-order valence-corrected chi connectivity index (χ0v) is 29.2. The van der Waals surface area contributed by atoms with E-state index in [1.165, 1.54) is 105 Å². The summed E-state index contributed by atoms with van der Waals surface area (Å²) in [5.74, 6) is 0. The minimum Gasteiger partial charge on any atom is -0.309 e. The van der Waals surface area contributed by atoms with Crippen LogP contribution in [0.15, 0.2) is 188 Å². The zero-order chi connectivity index (χ0) is 35.3. The van der Waals surface area contributed by atoms with Gasteiger partial charge in [-0.2, -0.15) is 0 Å². The van der Waals surface area contributed by atoms with E-state index in [9.17, 15) is 0 Å². The SMILES string of the molecule is c1ccc(-n2c3ccccc3c3cc(-c4ccc5c(c4)c4cc(-c6ccc7c(c6)-c6cccc8cncc-7c68)ccc4n5-c4ccccc4)ccc32)cc1. The second kappa shape index (κ2) is 11.1. The molecule has 3 aromatic heterocycles. The van der Waals surface area contributed by atoms with Crippen LogP contribution < -0.4 is 0 Å². The van der Waals surface area contributed by atoms with Crippen LogP contribution in [0.2, 0.25) is 0 Å². The number of nitrogens with zero attached hydrogens (tertiary/aromatic N) is 3. The number of pyridine rings is 1. The van der Waals surface area contributed by atoms with E-state index in [2.05, 4.69) is 190 Å². The molecule has 1 aliphatic rings. The molecule has 3 heteroatoms. The van der Waals surface area contributed by atoms with Gasteiger partial charge < -0.3 is 9.13 Å². The summed E-state index contributed by atoms with van der Waals surface area (Å²) in [6.07, 6.45) is 3.99. The summed E-state index contributed by atoms with van der Waals surface area (Å²) in [4.78, 5) is 4.55. The van der Waals surface area contributed by atoms with Crippen molar-refractivity contribution in [3.05, 3.63) is 188 Å². The van der Waals surface area contributed by atoms with Crippen LogP contribution in [-0.2, 0) is 0 Å². The van der Waals surface area contributed by atoms with Crippen LogP contribution in [0.3, 0.4) is 0 Å². The molecule has 250 valence electrons. The molecule has 54 heavy (non-hydrogen) atoms. The van der Waals surface area contributed by atoms with Gasteiger partial charge in [-0.1, -0.05) is 103 Å². The first-order chi connectivity index (χ1) is 26.8. The third-order valence-corrected chi connectivity index (χ3v) is 11.5. The Kier molecular flexibility index (Phi) is 6.05. The van der Waals surface area contributed by atoms with E-state index in [0.717, 1.165) is 5.69 Å². The molecule has 1 aliphatic carbocycles. The maximum atomic E-state index is 4.55. The average molecular weight is 686 g/mol. The lowest BCUT2D eigenvalue weighted by Gasteiger charge is -2.09. The van der Waals surface area contributed by atoms with Gasteiger partial charge >= 0.3 is 0 Å². The molecule has 3 nitrogen and oxygen atoms in total. The van der Waals surface area contributed by atoms with Crippen molar-refractivity contribution >= 4 is 54.4 Å². The van der Waals surface area contributed by atoms with Gasteiger partial charge in [0.05, 0.1) is 22.1 Å². The number of hydrogen-bond donors (Lipinski definition) is 0. The molecule has 0 bridgehead atoms. The molecule has 0 N–H and O–H groups in total. The lowest BCUT2D eigenvalue weighted by Crippen LogP contribution is -1.93. The molecule has 12 rings (SSSR count). The van der Waals surface area contributed by atoms with Gasteiger partial charge in [-0.05, 0) is 112 Å². The molecule has 0 aliphatic heterocycles. The third kappa shape index (κ3) is 4.15. The maximum Gasteiger partial charge on any atom is 0.0541 e. The molecule has 3 heterocycles. The Morgan fingerprint density at radius 3 is 1.46 bits per heavy atom. The Morgan fingerprint density at radius 1 is 0.315 bits per heavy atom. The van der Waals surface area contributed by atoms with Crippen LogP contribution in [0.5, 0.6) is 0 Å². The van der Waals surface area contributed by atoms with Crippen molar-refractivity contribution in [1.82, 2.24) is 14.1 Å². The first-order valence-electron chi connectivity index (χ1n) is 18.5. The van der Waals surface area contributed by atoms with Gasteiger partial charge in [0.2, 0.25) is 0 Å². The molecular formula is C51H31N3. The molecule has 0 atom stereocenters. The fraction of sp³-hybridized carbons (Fsp3) is 0.